The zero-order valence-corrected chi connectivity index (χ0v) is 20.2. The van der Waals surface area contributed by atoms with Crippen molar-refractivity contribution >= 4 is 44.8 Å². The van der Waals surface area contributed by atoms with Crippen LogP contribution in [0.15, 0.2) is 60.0 Å². The number of nitrogens with zero attached hydrogens (tertiary/aromatic N) is 2. The summed E-state index contributed by atoms with van der Waals surface area (Å²) in [7, 11) is 1.57. The molecule has 2 aromatic heterocycles. The van der Waals surface area contributed by atoms with E-state index in [2.05, 4.69) is 20.6 Å². The molecule has 2 amide bonds. The number of para-hydroxylation sites is 1. The molecule has 0 saturated carbocycles. The largest absolute Gasteiger partial charge is 0.497 e. The lowest BCUT2D eigenvalue weighted by Gasteiger charge is -2.05. The fourth-order valence-electron chi connectivity index (χ4n) is 2.99. The van der Waals surface area contributed by atoms with Crippen LogP contribution in [0.1, 0.15) is 22.5 Å². The van der Waals surface area contributed by atoms with Crippen LogP contribution in [0.5, 0.6) is 11.5 Å². The van der Waals surface area contributed by atoms with Gasteiger partial charge in [0.1, 0.15) is 11.5 Å². The van der Waals surface area contributed by atoms with Crippen LogP contribution in [0.25, 0.3) is 10.6 Å². The highest BCUT2D eigenvalue weighted by molar-refractivity contribution is 7.20. The molecule has 0 bridgehead atoms. The second-order valence-corrected chi connectivity index (χ2v) is 8.97. The molecule has 0 spiro atoms. The first-order chi connectivity index (χ1) is 16.5. The van der Waals surface area contributed by atoms with Gasteiger partial charge in [0.05, 0.1) is 36.4 Å². The van der Waals surface area contributed by atoms with Crippen molar-refractivity contribution in [3.63, 3.8) is 0 Å². The average molecular weight is 495 g/mol. The van der Waals surface area contributed by atoms with Crippen LogP contribution in [-0.2, 0) is 4.79 Å². The monoisotopic (exact) mass is 494 g/mol. The Morgan fingerprint density at radius 1 is 0.941 bits per heavy atom. The molecular weight excluding hydrogens is 472 g/mol. The molecule has 0 atom stereocenters. The Kier molecular flexibility index (Phi) is 7.51. The van der Waals surface area contributed by atoms with Crippen molar-refractivity contribution < 1.29 is 19.1 Å². The molecule has 10 heteroatoms. The van der Waals surface area contributed by atoms with Gasteiger partial charge in [-0.2, -0.15) is 0 Å². The molecule has 0 aliphatic carbocycles. The van der Waals surface area contributed by atoms with Crippen LogP contribution in [0.3, 0.4) is 0 Å². The molecule has 0 aliphatic heterocycles. The van der Waals surface area contributed by atoms with Crippen LogP contribution >= 0.6 is 22.7 Å². The third-order valence-corrected chi connectivity index (χ3v) is 6.55. The van der Waals surface area contributed by atoms with E-state index in [1.54, 1.807) is 31.4 Å². The van der Waals surface area contributed by atoms with Crippen molar-refractivity contribution in [1.82, 2.24) is 9.97 Å². The minimum absolute atomic E-state index is 0.176. The zero-order chi connectivity index (χ0) is 23.9. The Morgan fingerprint density at radius 3 is 2.44 bits per heavy atom. The Morgan fingerprint density at radius 2 is 1.71 bits per heavy atom. The quantitative estimate of drug-likeness (QED) is 0.330. The first-order valence-corrected chi connectivity index (χ1v) is 12.1. The second-order valence-electron chi connectivity index (χ2n) is 7.11. The molecule has 0 unspecified atom stereocenters. The third kappa shape index (κ3) is 5.97. The number of ether oxygens (including phenoxy) is 2. The van der Waals surface area contributed by atoms with Crippen molar-refractivity contribution in [1.29, 1.82) is 0 Å². The maximum absolute atomic E-state index is 12.5. The minimum Gasteiger partial charge on any atom is -0.497 e. The van der Waals surface area contributed by atoms with E-state index in [1.807, 2.05) is 42.6 Å². The van der Waals surface area contributed by atoms with Crippen LogP contribution in [-0.4, -0.2) is 35.5 Å². The number of aryl methyl sites for hydroxylation is 1. The van der Waals surface area contributed by atoms with Gasteiger partial charge in [0.15, 0.2) is 10.3 Å². The maximum atomic E-state index is 12.5. The van der Waals surface area contributed by atoms with E-state index in [-0.39, 0.29) is 24.8 Å². The van der Waals surface area contributed by atoms with Crippen molar-refractivity contribution in [2.45, 2.75) is 13.3 Å². The third-order valence-electron chi connectivity index (χ3n) is 4.69. The predicted octanol–water partition coefficient (Wildman–Crippen LogP) is 5.24. The van der Waals surface area contributed by atoms with Crippen LogP contribution in [0.4, 0.5) is 10.3 Å². The molecule has 0 radical (unpaired) electrons. The number of rotatable bonds is 9. The molecule has 2 aromatic carbocycles. The average Bonchev–Trinajstić information content (AvgIpc) is 3.45. The number of amides is 2. The van der Waals surface area contributed by atoms with E-state index in [0.717, 1.165) is 16.3 Å². The molecule has 8 nitrogen and oxygen atoms in total. The Bertz CT molecular complexity index is 1270. The number of anilines is 2. The number of carbonyl (C=O) groups is 2. The minimum atomic E-state index is -0.257. The smallest absolute Gasteiger partial charge is 0.257 e. The number of nitrogens with one attached hydrogen (secondary N) is 2. The lowest BCUT2D eigenvalue weighted by molar-refractivity contribution is -0.116. The normalized spacial score (nSPS) is 10.5. The highest BCUT2D eigenvalue weighted by Gasteiger charge is 2.16. The van der Waals surface area contributed by atoms with E-state index >= 15 is 0 Å². The molecule has 0 aliphatic rings. The zero-order valence-electron chi connectivity index (χ0n) is 18.5. The molecule has 0 fully saturated rings. The Balaban J connectivity index is 1.33. The number of thiazole rings is 2. The highest BCUT2D eigenvalue weighted by Crippen LogP contribution is 2.34. The van der Waals surface area contributed by atoms with Gasteiger partial charge in [0.25, 0.3) is 5.91 Å². The summed E-state index contributed by atoms with van der Waals surface area (Å²) in [6.45, 7) is 2.13. The van der Waals surface area contributed by atoms with Gasteiger partial charge in [-0.3, -0.25) is 14.9 Å². The summed E-state index contributed by atoms with van der Waals surface area (Å²) in [5.41, 5.74) is 1.94. The van der Waals surface area contributed by atoms with Gasteiger partial charge in [0, 0.05) is 10.9 Å². The predicted molar refractivity (Wildman–Crippen MR) is 134 cm³/mol. The van der Waals surface area contributed by atoms with Gasteiger partial charge >= 0.3 is 0 Å². The van der Waals surface area contributed by atoms with Crippen molar-refractivity contribution in [3.8, 4) is 22.1 Å². The van der Waals surface area contributed by atoms with Crippen molar-refractivity contribution in [2.24, 2.45) is 0 Å². The summed E-state index contributed by atoms with van der Waals surface area (Å²) in [6.07, 6.45) is 0.213. The number of hydrogen-bond acceptors (Lipinski definition) is 8. The summed E-state index contributed by atoms with van der Waals surface area (Å²) in [4.78, 5) is 34.5. The van der Waals surface area contributed by atoms with E-state index in [1.165, 1.54) is 22.7 Å². The first kappa shape index (κ1) is 23.4. The fraction of sp³-hybridized carbons (Fsp3) is 0.167. The molecular formula is C24H22N4O4S2. The number of carbonyl (C=O) groups excluding carboxylic acids is 2. The summed E-state index contributed by atoms with van der Waals surface area (Å²) >= 11 is 2.66. The van der Waals surface area contributed by atoms with Gasteiger partial charge in [0.2, 0.25) is 5.91 Å². The number of aromatic nitrogens is 2. The lowest BCUT2D eigenvalue weighted by Crippen LogP contribution is -2.15. The number of hydrogen-bond donors (Lipinski definition) is 2. The lowest BCUT2D eigenvalue weighted by atomic mass is 10.2. The fourth-order valence-corrected chi connectivity index (χ4v) is 4.71. The Hall–Kier alpha value is -3.76. The van der Waals surface area contributed by atoms with Gasteiger partial charge in [-0.25, -0.2) is 9.97 Å². The van der Waals surface area contributed by atoms with Gasteiger partial charge in [-0.15, -0.1) is 11.3 Å². The van der Waals surface area contributed by atoms with E-state index in [9.17, 15) is 9.59 Å². The van der Waals surface area contributed by atoms with Gasteiger partial charge in [-0.1, -0.05) is 29.5 Å². The summed E-state index contributed by atoms with van der Waals surface area (Å²) < 4.78 is 10.7. The van der Waals surface area contributed by atoms with E-state index in [4.69, 9.17) is 9.47 Å². The topological polar surface area (TPSA) is 102 Å². The molecule has 34 heavy (non-hydrogen) atoms. The van der Waals surface area contributed by atoms with Crippen LogP contribution in [0.2, 0.25) is 0 Å². The second kappa shape index (κ2) is 10.9. The molecule has 4 rings (SSSR count). The SMILES string of the molecule is COc1ccc(C(=O)Nc2nc(C)c(-c3csc(NC(=O)CCOc4ccccc4)n3)s2)cc1. The standard InChI is InChI=1S/C24H22N4O4S2/c1-15-21(34-24(25-15)28-22(30)16-8-10-17(31-2)11-9-16)19-14-33-23(26-19)27-20(29)12-13-32-18-6-4-3-5-7-18/h3-11,14H,12-13H2,1-2H3,(H,25,28,30)(H,26,27,29). The van der Waals surface area contributed by atoms with Crippen LogP contribution in [0, 0.1) is 6.92 Å². The van der Waals surface area contributed by atoms with Crippen molar-refractivity contribution in [2.75, 3.05) is 24.4 Å². The molecule has 2 N–H and O–H groups in total. The first-order valence-electron chi connectivity index (χ1n) is 10.4. The molecule has 2 heterocycles. The molecule has 4 aromatic rings. The summed E-state index contributed by atoms with van der Waals surface area (Å²) in [6, 6.07) is 16.2. The van der Waals surface area contributed by atoms with Gasteiger partial charge < -0.3 is 14.8 Å². The molecule has 0 saturated heterocycles. The highest BCUT2D eigenvalue weighted by atomic mass is 32.1. The van der Waals surface area contributed by atoms with Gasteiger partial charge in [-0.05, 0) is 43.3 Å². The van der Waals surface area contributed by atoms with Crippen LogP contribution < -0.4 is 20.1 Å². The summed E-state index contributed by atoms with van der Waals surface area (Å²) in [5, 5.41) is 8.45. The van der Waals surface area contributed by atoms with E-state index < -0.39 is 0 Å². The number of methoxy groups -OCH3 is 1. The Labute approximate surface area is 204 Å². The van der Waals surface area contributed by atoms with E-state index in [0.29, 0.717) is 27.3 Å². The maximum Gasteiger partial charge on any atom is 0.257 e. The summed E-state index contributed by atoms with van der Waals surface area (Å²) in [5.74, 6) is 0.971. The molecule has 174 valence electrons. The number of benzene rings is 2. The van der Waals surface area contributed by atoms with Crippen molar-refractivity contribution in [3.05, 3.63) is 71.2 Å².